The molecule has 0 aliphatic heterocycles. The summed E-state index contributed by atoms with van der Waals surface area (Å²) in [6, 6.07) is 0. The summed E-state index contributed by atoms with van der Waals surface area (Å²) in [5.74, 6) is 0. The van der Waals surface area contributed by atoms with E-state index in [-0.39, 0.29) is 6.10 Å². The van der Waals surface area contributed by atoms with Crippen LogP contribution in [-0.2, 0) is 9.47 Å². The third kappa shape index (κ3) is 3.75. The first-order valence-electron chi connectivity index (χ1n) is 5.56. The van der Waals surface area contributed by atoms with Crippen LogP contribution in [0.5, 0.6) is 0 Å². The number of carbonyl (C=O) groups excluding carboxylic acids is 1. The Hall–Kier alpha value is -1.00. The van der Waals surface area contributed by atoms with E-state index in [1.165, 1.54) is 7.05 Å². The highest BCUT2D eigenvalue weighted by Crippen LogP contribution is 2.28. The topological polar surface area (TPSA) is 47.6 Å². The quantitative estimate of drug-likeness (QED) is 0.844. The van der Waals surface area contributed by atoms with Crippen molar-refractivity contribution in [2.24, 2.45) is 0 Å². The number of amides is 1. The highest BCUT2D eigenvalue weighted by Gasteiger charge is 2.26. The van der Waals surface area contributed by atoms with E-state index in [1.807, 2.05) is 12.2 Å². The number of alkyl carbamates (subject to hydrolysis) is 1. The molecule has 1 aliphatic carbocycles. The monoisotopic (exact) mass is 259 g/mol. The van der Waals surface area contributed by atoms with Gasteiger partial charge in [-0.15, -0.1) is 0 Å². The van der Waals surface area contributed by atoms with Gasteiger partial charge in [-0.1, -0.05) is 23.8 Å². The zero-order chi connectivity index (χ0) is 12.8. The van der Waals surface area contributed by atoms with Crippen molar-refractivity contribution in [1.29, 1.82) is 0 Å². The molecule has 1 amide bonds. The molecule has 4 nitrogen and oxygen atoms in total. The maximum atomic E-state index is 11.2. The lowest BCUT2D eigenvalue weighted by Crippen LogP contribution is -2.35. The van der Waals surface area contributed by atoms with Gasteiger partial charge in [0.1, 0.15) is 12.2 Å². The minimum absolute atomic E-state index is 0.337. The largest absolute Gasteiger partial charge is 0.443 e. The van der Waals surface area contributed by atoms with Crippen molar-refractivity contribution in [3.05, 3.63) is 22.8 Å². The fraction of sp³-hybridized carbons (Fsp3) is 0.583. The Morgan fingerprint density at radius 3 is 2.82 bits per heavy atom. The summed E-state index contributed by atoms with van der Waals surface area (Å²) in [7, 11) is 3.09. The molecule has 1 N–H and O–H groups in total. The van der Waals surface area contributed by atoms with Gasteiger partial charge < -0.3 is 14.8 Å². The van der Waals surface area contributed by atoms with Crippen LogP contribution in [0.1, 0.15) is 19.8 Å². The average molecular weight is 260 g/mol. The van der Waals surface area contributed by atoms with Crippen LogP contribution in [-0.4, -0.2) is 32.5 Å². The number of hydrogen-bond acceptors (Lipinski definition) is 3. The minimum Gasteiger partial charge on any atom is -0.443 e. The molecule has 1 aliphatic rings. The van der Waals surface area contributed by atoms with Crippen molar-refractivity contribution in [3.63, 3.8) is 0 Å². The summed E-state index contributed by atoms with van der Waals surface area (Å²) in [6.45, 7) is 1.78. The zero-order valence-electron chi connectivity index (χ0n) is 10.3. The van der Waals surface area contributed by atoms with Gasteiger partial charge in [0.15, 0.2) is 0 Å². The molecule has 0 aromatic rings. The summed E-state index contributed by atoms with van der Waals surface area (Å²) in [5.41, 5.74) is 0.886. The predicted octanol–water partition coefficient (Wildman–Crippen LogP) is 2.59. The van der Waals surface area contributed by atoms with Gasteiger partial charge in [-0.2, -0.15) is 0 Å². The van der Waals surface area contributed by atoms with E-state index in [4.69, 9.17) is 21.1 Å². The van der Waals surface area contributed by atoms with E-state index >= 15 is 0 Å². The minimum atomic E-state index is -0.476. The zero-order valence-corrected chi connectivity index (χ0v) is 11.1. The third-order valence-electron chi connectivity index (χ3n) is 2.62. The van der Waals surface area contributed by atoms with Crippen molar-refractivity contribution < 1.29 is 14.3 Å². The number of nitrogens with one attached hydrogen (secondary N) is 1. The van der Waals surface area contributed by atoms with E-state index in [0.717, 1.165) is 23.4 Å². The highest BCUT2D eigenvalue weighted by atomic mass is 35.5. The second-order valence-electron chi connectivity index (χ2n) is 3.82. The van der Waals surface area contributed by atoms with Gasteiger partial charge in [-0.25, -0.2) is 4.79 Å². The molecule has 0 bridgehead atoms. The molecule has 0 saturated heterocycles. The summed E-state index contributed by atoms with van der Waals surface area (Å²) in [5, 5.41) is 3.18. The number of halogens is 1. The summed E-state index contributed by atoms with van der Waals surface area (Å²) >= 11 is 6.16. The third-order valence-corrected chi connectivity index (χ3v) is 3.03. The van der Waals surface area contributed by atoms with E-state index in [2.05, 4.69) is 5.32 Å². The molecule has 0 heterocycles. The van der Waals surface area contributed by atoms with Crippen LogP contribution in [0.3, 0.4) is 0 Å². The molecule has 0 aromatic carbocycles. The predicted molar refractivity (Wildman–Crippen MR) is 67.1 cm³/mol. The van der Waals surface area contributed by atoms with Crippen LogP contribution >= 0.6 is 11.6 Å². The van der Waals surface area contributed by atoms with Gasteiger partial charge in [0.2, 0.25) is 0 Å². The van der Waals surface area contributed by atoms with E-state index in [1.54, 1.807) is 14.0 Å². The Labute approximate surface area is 107 Å². The molecule has 96 valence electrons. The van der Waals surface area contributed by atoms with Crippen LogP contribution in [0.25, 0.3) is 0 Å². The second kappa shape index (κ2) is 6.67. The molecule has 0 unspecified atom stereocenters. The molecule has 0 fully saturated rings. The van der Waals surface area contributed by atoms with E-state index < -0.39 is 12.2 Å². The summed E-state index contributed by atoms with van der Waals surface area (Å²) < 4.78 is 10.5. The first-order valence-corrected chi connectivity index (χ1v) is 5.94. The average Bonchev–Trinajstić information content (AvgIpc) is 2.32. The first-order chi connectivity index (χ1) is 8.10. The number of allylic oxidation sites excluding steroid dienone is 2. The van der Waals surface area contributed by atoms with Crippen molar-refractivity contribution in [1.82, 2.24) is 5.32 Å². The molecule has 0 spiro atoms. The Balaban J connectivity index is 2.77. The molecule has 5 heteroatoms. The number of hydrogen-bond donors (Lipinski definition) is 1. The number of rotatable bonds is 4. The first kappa shape index (κ1) is 14.1. The molecular weight excluding hydrogens is 242 g/mol. The Morgan fingerprint density at radius 1 is 1.59 bits per heavy atom. The Kier molecular flexibility index (Phi) is 5.51. The summed E-state index contributed by atoms with van der Waals surface area (Å²) in [6.07, 6.45) is 4.51. The Morgan fingerprint density at radius 2 is 2.29 bits per heavy atom. The molecule has 1 rings (SSSR count). The molecule has 0 saturated carbocycles. The summed E-state index contributed by atoms with van der Waals surface area (Å²) in [4.78, 5) is 11.2. The molecular formula is C12H18ClNO3. The lowest BCUT2D eigenvalue weighted by atomic mass is 9.98. The number of methoxy groups -OCH3 is 1. The van der Waals surface area contributed by atoms with Crippen molar-refractivity contribution in [2.45, 2.75) is 32.0 Å². The fourth-order valence-electron chi connectivity index (χ4n) is 1.77. The van der Waals surface area contributed by atoms with Gasteiger partial charge in [-0.05, 0) is 25.3 Å². The smallest absolute Gasteiger partial charge is 0.407 e. The molecule has 17 heavy (non-hydrogen) atoms. The van der Waals surface area contributed by atoms with Gasteiger partial charge in [0.05, 0.1) is 0 Å². The van der Waals surface area contributed by atoms with Crippen LogP contribution in [0.4, 0.5) is 4.79 Å². The SMILES string of the molecule is CNC(=O)O[C@H](C)[C@H](OC)C1=C(Cl)CCC=C1. The van der Waals surface area contributed by atoms with Gasteiger partial charge >= 0.3 is 6.09 Å². The maximum absolute atomic E-state index is 11.2. The second-order valence-corrected chi connectivity index (χ2v) is 4.27. The fourth-order valence-corrected chi connectivity index (χ4v) is 2.04. The Bertz CT molecular complexity index is 339. The molecule has 2 atom stereocenters. The molecule has 0 aromatic heterocycles. The van der Waals surface area contributed by atoms with Crippen LogP contribution in [0, 0.1) is 0 Å². The number of carbonyl (C=O) groups is 1. The van der Waals surface area contributed by atoms with Gasteiger partial charge in [-0.3, -0.25) is 0 Å². The van der Waals surface area contributed by atoms with Crippen molar-refractivity contribution in [2.75, 3.05) is 14.2 Å². The van der Waals surface area contributed by atoms with Crippen molar-refractivity contribution >= 4 is 17.7 Å². The van der Waals surface area contributed by atoms with Crippen molar-refractivity contribution in [3.8, 4) is 0 Å². The highest BCUT2D eigenvalue weighted by molar-refractivity contribution is 6.30. The van der Waals surface area contributed by atoms with Gasteiger partial charge in [0, 0.05) is 19.2 Å². The number of ether oxygens (including phenoxy) is 2. The molecule has 0 radical (unpaired) electrons. The van der Waals surface area contributed by atoms with Gasteiger partial charge in [0.25, 0.3) is 0 Å². The standard InChI is InChI=1S/C12H18ClNO3/c1-8(17-12(15)14-2)11(16-3)9-6-4-5-7-10(9)13/h4,6,8,11H,5,7H2,1-3H3,(H,14,15)/t8-,11+/m1/s1. The van der Waals surface area contributed by atoms with E-state index in [0.29, 0.717) is 0 Å². The maximum Gasteiger partial charge on any atom is 0.407 e. The van der Waals surface area contributed by atoms with Crippen LogP contribution in [0.15, 0.2) is 22.8 Å². The van der Waals surface area contributed by atoms with E-state index in [9.17, 15) is 4.79 Å². The van der Waals surface area contributed by atoms with Crippen LogP contribution in [0.2, 0.25) is 0 Å². The lowest BCUT2D eigenvalue weighted by Gasteiger charge is -2.26. The van der Waals surface area contributed by atoms with Crippen LogP contribution < -0.4 is 5.32 Å². The normalized spacial score (nSPS) is 18.8. The lowest BCUT2D eigenvalue weighted by molar-refractivity contribution is 0.00772.